The van der Waals surface area contributed by atoms with Crippen molar-refractivity contribution < 1.29 is 27.6 Å². The van der Waals surface area contributed by atoms with E-state index in [1.807, 2.05) is 6.92 Å². The molecule has 3 N–H and O–H groups in total. The molecule has 1 unspecified atom stereocenters. The van der Waals surface area contributed by atoms with E-state index >= 15 is 0 Å². The summed E-state index contributed by atoms with van der Waals surface area (Å²) in [5.41, 5.74) is 2.93. The van der Waals surface area contributed by atoms with Gasteiger partial charge in [0.25, 0.3) is 11.8 Å². The maximum atomic E-state index is 13.6. The first-order chi connectivity index (χ1) is 18.4. The van der Waals surface area contributed by atoms with Crippen molar-refractivity contribution >= 4 is 45.0 Å². The van der Waals surface area contributed by atoms with Crippen LogP contribution < -0.4 is 15.4 Å². The third kappa shape index (κ3) is 6.39. The van der Waals surface area contributed by atoms with Gasteiger partial charge in [0.2, 0.25) is 21.8 Å². The van der Waals surface area contributed by atoms with E-state index in [0.717, 1.165) is 16.0 Å². The second kappa shape index (κ2) is 11.2. The third-order valence-corrected chi connectivity index (χ3v) is 7.33. The second-order valence-corrected chi connectivity index (χ2v) is 10.9. The molecule has 3 aromatic rings. The fourth-order valence-electron chi connectivity index (χ4n) is 4.38. The molecule has 1 aliphatic rings. The van der Waals surface area contributed by atoms with Crippen molar-refractivity contribution in [3.63, 3.8) is 0 Å². The largest absolute Gasteiger partial charge is 0.326 e. The van der Waals surface area contributed by atoms with Crippen LogP contribution in [0.2, 0.25) is 0 Å². The lowest BCUT2D eigenvalue weighted by Gasteiger charge is -2.28. The molecule has 0 aliphatic carbocycles. The number of nitrogens with one attached hydrogen (secondary N) is 1. The summed E-state index contributed by atoms with van der Waals surface area (Å²) in [6, 6.07) is 18.2. The van der Waals surface area contributed by atoms with Crippen molar-refractivity contribution in [3.8, 4) is 0 Å². The van der Waals surface area contributed by atoms with Gasteiger partial charge in [-0.15, -0.1) is 0 Å². The Hall–Kier alpha value is -4.35. The molecule has 0 aromatic heterocycles. The Labute approximate surface area is 226 Å². The molecule has 0 radical (unpaired) electrons. The molecule has 1 heterocycles. The molecular weight excluding hydrogens is 520 g/mol. The highest BCUT2D eigenvalue weighted by Gasteiger charge is 2.44. The number of aryl methyl sites for hydroxylation is 1. The zero-order valence-corrected chi connectivity index (χ0v) is 22.3. The molecule has 0 bridgehead atoms. The minimum Gasteiger partial charge on any atom is -0.326 e. The van der Waals surface area contributed by atoms with E-state index in [0.29, 0.717) is 23.4 Å². The fraction of sp³-hybridized carbons (Fsp3) is 0.214. The molecule has 3 aromatic carbocycles. The van der Waals surface area contributed by atoms with Crippen LogP contribution in [0.25, 0.3) is 0 Å². The summed E-state index contributed by atoms with van der Waals surface area (Å²) in [7, 11) is -3.84. The highest BCUT2D eigenvalue weighted by molar-refractivity contribution is 7.89. The van der Waals surface area contributed by atoms with Crippen LogP contribution >= 0.6 is 0 Å². The Balaban J connectivity index is 1.60. The van der Waals surface area contributed by atoms with Gasteiger partial charge >= 0.3 is 0 Å². The van der Waals surface area contributed by atoms with E-state index < -0.39 is 33.8 Å². The van der Waals surface area contributed by atoms with Crippen molar-refractivity contribution in [3.05, 3.63) is 89.5 Å². The highest BCUT2D eigenvalue weighted by Crippen LogP contribution is 2.28. The second-order valence-electron chi connectivity index (χ2n) is 9.32. The molecule has 39 heavy (non-hydrogen) atoms. The Kier molecular flexibility index (Phi) is 7.93. The molecular formula is C28H28N4O6S. The normalized spacial score (nSPS) is 15.4. The Morgan fingerprint density at radius 1 is 0.974 bits per heavy atom. The van der Waals surface area contributed by atoms with Crippen LogP contribution in [0.15, 0.2) is 77.7 Å². The van der Waals surface area contributed by atoms with Gasteiger partial charge in [0.05, 0.1) is 17.0 Å². The summed E-state index contributed by atoms with van der Waals surface area (Å²) in [4.78, 5) is 53.9. The van der Waals surface area contributed by atoms with Crippen LogP contribution in [0.3, 0.4) is 0 Å². The average Bonchev–Trinajstić information content (AvgIpc) is 3.18. The van der Waals surface area contributed by atoms with Gasteiger partial charge in [0.15, 0.2) is 0 Å². The number of nitrogens with zero attached hydrogens (tertiary/aromatic N) is 2. The minimum atomic E-state index is -3.84. The summed E-state index contributed by atoms with van der Waals surface area (Å²) in [5, 5.41) is 7.80. The quantitative estimate of drug-likeness (QED) is 0.414. The van der Waals surface area contributed by atoms with Crippen LogP contribution in [0.4, 0.5) is 11.4 Å². The van der Waals surface area contributed by atoms with Crippen LogP contribution in [0.5, 0.6) is 0 Å². The number of nitrogens with two attached hydrogens (primary N) is 1. The van der Waals surface area contributed by atoms with Gasteiger partial charge in [-0.1, -0.05) is 29.8 Å². The van der Waals surface area contributed by atoms with E-state index in [9.17, 15) is 27.6 Å². The predicted molar refractivity (Wildman–Crippen MR) is 145 cm³/mol. The number of amides is 4. The van der Waals surface area contributed by atoms with Gasteiger partial charge in [-0.05, 0) is 67.4 Å². The minimum absolute atomic E-state index is 0.0319. The number of primary sulfonamides is 1. The zero-order chi connectivity index (χ0) is 28.3. The smallest absolute Gasteiger partial charge is 0.257 e. The van der Waals surface area contributed by atoms with Gasteiger partial charge in [-0.3, -0.25) is 19.2 Å². The molecule has 1 aliphatic heterocycles. The van der Waals surface area contributed by atoms with Crippen molar-refractivity contribution in [1.29, 1.82) is 0 Å². The van der Waals surface area contributed by atoms with Crippen molar-refractivity contribution in [2.24, 2.45) is 5.14 Å². The summed E-state index contributed by atoms with van der Waals surface area (Å²) >= 11 is 0. The van der Waals surface area contributed by atoms with Crippen LogP contribution in [-0.2, 0) is 30.8 Å². The van der Waals surface area contributed by atoms with Crippen LogP contribution in [-0.4, -0.2) is 49.5 Å². The maximum absolute atomic E-state index is 13.6. The molecule has 0 saturated carbocycles. The number of rotatable bonds is 8. The molecule has 1 atom stereocenters. The summed E-state index contributed by atoms with van der Waals surface area (Å²) in [5.74, 6) is -1.63. The van der Waals surface area contributed by atoms with Gasteiger partial charge in [0.1, 0.15) is 6.04 Å². The fourth-order valence-corrected chi connectivity index (χ4v) is 4.90. The lowest BCUT2D eigenvalue weighted by molar-refractivity contribution is -0.122. The van der Waals surface area contributed by atoms with Gasteiger partial charge in [-0.2, -0.15) is 0 Å². The van der Waals surface area contributed by atoms with Gasteiger partial charge < -0.3 is 10.2 Å². The number of benzene rings is 3. The molecule has 0 spiro atoms. The van der Waals surface area contributed by atoms with E-state index in [1.54, 1.807) is 60.7 Å². The van der Waals surface area contributed by atoms with E-state index in [-0.39, 0.29) is 23.8 Å². The number of anilines is 2. The number of imide groups is 1. The molecule has 4 amide bonds. The van der Waals surface area contributed by atoms with E-state index in [4.69, 9.17) is 5.14 Å². The first-order valence-corrected chi connectivity index (χ1v) is 13.7. The molecule has 202 valence electrons. The lowest BCUT2D eigenvalue weighted by Crippen LogP contribution is -2.46. The van der Waals surface area contributed by atoms with Crippen molar-refractivity contribution in [1.82, 2.24) is 4.90 Å². The highest BCUT2D eigenvalue weighted by atomic mass is 32.2. The first kappa shape index (κ1) is 27.7. The number of hydrogen-bond donors (Lipinski definition) is 2. The number of hydrogen-bond acceptors (Lipinski definition) is 6. The average molecular weight is 549 g/mol. The maximum Gasteiger partial charge on any atom is 0.257 e. The van der Waals surface area contributed by atoms with Crippen LogP contribution in [0, 0.1) is 6.92 Å². The van der Waals surface area contributed by atoms with E-state index in [1.165, 1.54) is 24.0 Å². The topological polar surface area (TPSA) is 147 Å². The van der Waals surface area contributed by atoms with Gasteiger partial charge in [0, 0.05) is 24.7 Å². The van der Waals surface area contributed by atoms with E-state index in [2.05, 4.69) is 5.32 Å². The Morgan fingerprint density at radius 3 is 2.15 bits per heavy atom. The summed E-state index contributed by atoms with van der Waals surface area (Å²) < 4.78 is 23.1. The summed E-state index contributed by atoms with van der Waals surface area (Å²) in [6.07, 6.45) is 0.125. The molecule has 4 rings (SSSR count). The molecule has 11 heteroatoms. The number of sulfonamides is 1. The number of carbonyl (C=O) groups excluding carboxylic acids is 4. The first-order valence-electron chi connectivity index (χ1n) is 12.2. The molecule has 1 saturated heterocycles. The zero-order valence-electron chi connectivity index (χ0n) is 21.5. The monoisotopic (exact) mass is 548 g/mol. The van der Waals surface area contributed by atoms with Crippen molar-refractivity contribution in [2.45, 2.75) is 37.6 Å². The lowest BCUT2D eigenvalue weighted by atomic mass is 10.1. The molecule has 10 nitrogen and oxygen atoms in total. The van der Waals surface area contributed by atoms with Crippen molar-refractivity contribution in [2.75, 3.05) is 16.8 Å². The van der Waals surface area contributed by atoms with Gasteiger partial charge in [-0.25, -0.2) is 18.5 Å². The third-order valence-electron chi connectivity index (χ3n) is 6.40. The summed E-state index contributed by atoms with van der Waals surface area (Å²) in [6.45, 7) is 3.38. The SMILES string of the molecule is CC(=O)Nc1ccc(N2C(=O)CC(N(CCc3ccc(S(N)(=O)=O)cc3)C(=O)c3ccc(C)cc3)C2=O)cc1. The Bertz CT molecular complexity index is 1520. The number of carbonyl (C=O) groups is 4. The standard InChI is InChI=1S/C28H28N4O6S/c1-18-3-7-21(8-4-18)27(35)31(16-15-20-5-13-24(14-6-20)39(29,37)38)25-17-26(34)32(28(25)36)23-11-9-22(10-12-23)30-19(2)33/h3-14,25H,15-17H2,1-2H3,(H,30,33)(H2,29,37,38). The molecule has 1 fully saturated rings. The Morgan fingerprint density at radius 2 is 1.59 bits per heavy atom. The van der Waals surface area contributed by atoms with Crippen LogP contribution in [0.1, 0.15) is 34.8 Å². The predicted octanol–water partition coefficient (Wildman–Crippen LogP) is 2.62.